The topological polar surface area (TPSA) is 32.3 Å². The normalized spacial score (nSPS) is 13.9. The molecule has 0 aromatic heterocycles. The molecule has 0 heterocycles. The fourth-order valence-electron chi connectivity index (χ4n) is 1.29. The molecule has 1 rings (SSSR count). The van der Waals surface area contributed by atoms with E-state index in [2.05, 4.69) is 57.9 Å². The zero-order valence-corrected chi connectivity index (χ0v) is 12.9. The van der Waals surface area contributed by atoms with Crippen molar-refractivity contribution in [1.82, 2.24) is 5.32 Å². The third-order valence-electron chi connectivity index (χ3n) is 2.10. The Morgan fingerprint density at radius 2 is 1.69 bits per heavy atom. The lowest BCUT2D eigenvalue weighted by atomic mass is 10.1. The minimum absolute atomic E-state index is 0.0181. The van der Waals surface area contributed by atoms with Crippen molar-refractivity contribution in [2.45, 2.75) is 32.4 Å². The molecule has 0 aliphatic heterocycles. The Labute approximate surface area is 114 Å². The zero-order valence-electron chi connectivity index (χ0n) is 9.72. The summed E-state index contributed by atoms with van der Waals surface area (Å²) >= 11 is 6.82. The molecule has 2 nitrogen and oxygen atoms in total. The van der Waals surface area contributed by atoms with E-state index < -0.39 is 6.10 Å². The molecular formula is C12H17Br2NO. The average molecular weight is 351 g/mol. The van der Waals surface area contributed by atoms with Gasteiger partial charge in [0.25, 0.3) is 0 Å². The highest BCUT2D eigenvalue weighted by molar-refractivity contribution is 9.11. The van der Waals surface area contributed by atoms with E-state index in [1.807, 2.05) is 18.2 Å². The molecule has 16 heavy (non-hydrogen) atoms. The number of β-amino-alcohol motifs (C(OH)–C–C–N with tert-alkyl or cyclic N) is 1. The highest BCUT2D eigenvalue weighted by Crippen LogP contribution is 2.24. The van der Waals surface area contributed by atoms with Crippen molar-refractivity contribution in [3.05, 3.63) is 32.7 Å². The van der Waals surface area contributed by atoms with Crippen LogP contribution in [-0.4, -0.2) is 17.2 Å². The molecule has 0 aliphatic rings. The summed E-state index contributed by atoms with van der Waals surface area (Å²) in [5.41, 5.74) is 0.919. The van der Waals surface area contributed by atoms with Crippen molar-refractivity contribution in [3.63, 3.8) is 0 Å². The van der Waals surface area contributed by atoms with Crippen LogP contribution in [0.5, 0.6) is 0 Å². The van der Waals surface area contributed by atoms with Crippen LogP contribution in [0.25, 0.3) is 0 Å². The fraction of sp³-hybridized carbons (Fsp3) is 0.500. The predicted octanol–water partition coefficient (Wildman–Crippen LogP) is 3.63. The van der Waals surface area contributed by atoms with E-state index in [-0.39, 0.29) is 5.54 Å². The van der Waals surface area contributed by atoms with Gasteiger partial charge in [0.1, 0.15) is 0 Å². The lowest BCUT2D eigenvalue weighted by Gasteiger charge is -2.23. The summed E-state index contributed by atoms with van der Waals surface area (Å²) in [6.45, 7) is 6.79. The smallest absolute Gasteiger partial charge is 0.0915 e. The zero-order chi connectivity index (χ0) is 12.3. The summed E-state index contributed by atoms with van der Waals surface area (Å²) in [5, 5.41) is 13.3. The Hall–Kier alpha value is 0.1000. The van der Waals surface area contributed by atoms with E-state index in [1.165, 1.54) is 0 Å². The highest BCUT2D eigenvalue weighted by Gasteiger charge is 2.14. The van der Waals surface area contributed by atoms with Gasteiger partial charge in [-0.15, -0.1) is 0 Å². The minimum atomic E-state index is -0.493. The minimum Gasteiger partial charge on any atom is -0.387 e. The molecule has 0 aliphatic carbocycles. The Morgan fingerprint density at radius 1 is 1.19 bits per heavy atom. The van der Waals surface area contributed by atoms with Crippen LogP contribution in [0.2, 0.25) is 0 Å². The van der Waals surface area contributed by atoms with Crippen molar-refractivity contribution >= 4 is 31.9 Å². The van der Waals surface area contributed by atoms with Gasteiger partial charge in [0.05, 0.1) is 6.10 Å². The largest absolute Gasteiger partial charge is 0.387 e. The first-order valence-corrected chi connectivity index (χ1v) is 6.75. The quantitative estimate of drug-likeness (QED) is 0.872. The van der Waals surface area contributed by atoms with Gasteiger partial charge in [-0.2, -0.15) is 0 Å². The van der Waals surface area contributed by atoms with E-state index in [0.29, 0.717) is 6.54 Å². The van der Waals surface area contributed by atoms with E-state index in [1.54, 1.807) is 0 Å². The van der Waals surface area contributed by atoms with Gasteiger partial charge in [-0.25, -0.2) is 0 Å². The van der Waals surface area contributed by atoms with Crippen molar-refractivity contribution in [2.75, 3.05) is 6.54 Å². The van der Waals surface area contributed by atoms with Crippen LogP contribution < -0.4 is 5.32 Å². The third kappa shape index (κ3) is 4.95. The SMILES string of the molecule is CC(C)(C)NCC(O)c1cc(Br)cc(Br)c1. The maximum Gasteiger partial charge on any atom is 0.0915 e. The molecule has 2 N–H and O–H groups in total. The number of aliphatic hydroxyl groups excluding tert-OH is 1. The summed E-state index contributed by atoms with van der Waals surface area (Å²) in [6, 6.07) is 5.81. The van der Waals surface area contributed by atoms with Gasteiger partial charge in [-0.1, -0.05) is 31.9 Å². The second kappa shape index (κ2) is 5.63. The molecule has 0 saturated carbocycles. The molecule has 0 fully saturated rings. The maximum atomic E-state index is 10.0. The van der Waals surface area contributed by atoms with Crippen LogP contribution in [-0.2, 0) is 0 Å². The number of halogens is 2. The summed E-state index contributed by atoms with van der Waals surface area (Å²) in [6.07, 6.45) is -0.493. The molecule has 1 unspecified atom stereocenters. The molecule has 0 saturated heterocycles. The average Bonchev–Trinajstić information content (AvgIpc) is 2.11. The lowest BCUT2D eigenvalue weighted by molar-refractivity contribution is 0.163. The fourth-order valence-corrected chi connectivity index (χ4v) is 2.62. The second-order valence-electron chi connectivity index (χ2n) is 4.85. The summed E-state index contributed by atoms with van der Waals surface area (Å²) in [7, 11) is 0. The molecule has 0 radical (unpaired) electrons. The highest BCUT2D eigenvalue weighted by atomic mass is 79.9. The first-order chi connectivity index (χ1) is 7.28. The van der Waals surface area contributed by atoms with Gasteiger partial charge in [-0.05, 0) is 44.5 Å². The van der Waals surface area contributed by atoms with Crippen LogP contribution in [0.15, 0.2) is 27.1 Å². The number of aliphatic hydroxyl groups is 1. The summed E-state index contributed by atoms with van der Waals surface area (Å²) in [4.78, 5) is 0. The van der Waals surface area contributed by atoms with Crippen molar-refractivity contribution in [3.8, 4) is 0 Å². The molecule has 90 valence electrons. The lowest BCUT2D eigenvalue weighted by Crippen LogP contribution is -2.38. The number of hydrogen-bond acceptors (Lipinski definition) is 2. The van der Waals surface area contributed by atoms with Crippen molar-refractivity contribution < 1.29 is 5.11 Å². The van der Waals surface area contributed by atoms with E-state index in [0.717, 1.165) is 14.5 Å². The Bertz CT molecular complexity index is 340. The van der Waals surface area contributed by atoms with Gasteiger partial charge < -0.3 is 10.4 Å². The van der Waals surface area contributed by atoms with Crippen LogP contribution in [0.1, 0.15) is 32.4 Å². The third-order valence-corrected chi connectivity index (χ3v) is 3.01. The Balaban J connectivity index is 2.69. The summed E-state index contributed by atoms with van der Waals surface area (Å²) in [5.74, 6) is 0. The van der Waals surface area contributed by atoms with Gasteiger partial charge >= 0.3 is 0 Å². The number of benzene rings is 1. The molecule has 0 bridgehead atoms. The molecule has 1 aromatic rings. The molecule has 4 heteroatoms. The summed E-state index contributed by atoms with van der Waals surface area (Å²) < 4.78 is 1.93. The van der Waals surface area contributed by atoms with Crippen molar-refractivity contribution in [1.29, 1.82) is 0 Å². The van der Waals surface area contributed by atoms with Crippen molar-refractivity contribution in [2.24, 2.45) is 0 Å². The molecular weight excluding hydrogens is 334 g/mol. The van der Waals surface area contributed by atoms with E-state index >= 15 is 0 Å². The van der Waals surface area contributed by atoms with Crippen LogP contribution in [0.4, 0.5) is 0 Å². The number of rotatable bonds is 3. The number of hydrogen-bond donors (Lipinski definition) is 2. The maximum absolute atomic E-state index is 10.0. The first-order valence-electron chi connectivity index (χ1n) is 5.17. The molecule has 1 atom stereocenters. The molecule has 0 spiro atoms. The second-order valence-corrected chi connectivity index (χ2v) is 6.68. The van der Waals surface area contributed by atoms with Crippen LogP contribution >= 0.6 is 31.9 Å². The first kappa shape index (κ1) is 14.2. The van der Waals surface area contributed by atoms with Crippen LogP contribution in [0, 0.1) is 0 Å². The standard InChI is InChI=1S/C12H17Br2NO/c1-12(2,3)15-7-11(16)8-4-9(13)6-10(14)5-8/h4-6,11,15-16H,7H2,1-3H3. The Kier molecular flexibility index (Phi) is 4.98. The van der Waals surface area contributed by atoms with Gasteiger partial charge in [-0.3, -0.25) is 0 Å². The Morgan fingerprint density at radius 3 is 2.12 bits per heavy atom. The monoisotopic (exact) mass is 349 g/mol. The van der Waals surface area contributed by atoms with Gasteiger partial charge in [0.2, 0.25) is 0 Å². The van der Waals surface area contributed by atoms with Gasteiger partial charge in [0, 0.05) is 21.0 Å². The number of nitrogens with one attached hydrogen (secondary N) is 1. The van der Waals surface area contributed by atoms with E-state index in [4.69, 9.17) is 0 Å². The predicted molar refractivity (Wildman–Crippen MR) is 74.6 cm³/mol. The molecule has 1 aromatic carbocycles. The van der Waals surface area contributed by atoms with E-state index in [9.17, 15) is 5.11 Å². The molecule has 0 amide bonds. The van der Waals surface area contributed by atoms with Crippen LogP contribution in [0.3, 0.4) is 0 Å². The van der Waals surface area contributed by atoms with Gasteiger partial charge in [0.15, 0.2) is 0 Å².